The molecule has 0 aliphatic rings. The van der Waals surface area contributed by atoms with Gasteiger partial charge in [0.1, 0.15) is 0 Å². The van der Waals surface area contributed by atoms with E-state index in [1.165, 1.54) is 4.72 Å². The third kappa shape index (κ3) is 9.40. The van der Waals surface area contributed by atoms with E-state index in [-0.39, 0.29) is 18.9 Å². The second-order valence-corrected chi connectivity index (χ2v) is 1.92. The summed E-state index contributed by atoms with van der Waals surface area (Å²) in [5.41, 5.74) is 0. The van der Waals surface area contributed by atoms with Crippen molar-refractivity contribution in [2.45, 2.75) is 0 Å². The zero-order valence-corrected chi connectivity index (χ0v) is 5.23. The second kappa shape index (κ2) is 3.98. The molecule has 0 bridgehead atoms. The summed E-state index contributed by atoms with van der Waals surface area (Å²) in [6, 6.07) is 0. The van der Waals surface area contributed by atoms with Crippen molar-refractivity contribution in [3.63, 3.8) is 0 Å². The van der Waals surface area contributed by atoms with Gasteiger partial charge >= 0.3 is 18.9 Å². The Labute approximate surface area is 60.0 Å². The maximum absolute atomic E-state index is 9.49. The first kappa shape index (κ1) is 10.9. The number of nitrogens with one attached hydrogen (secondary N) is 1. The molecule has 0 saturated heterocycles. The molecule has 0 aliphatic heterocycles. The predicted octanol–water partition coefficient (Wildman–Crippen LogP) is -3.82. The first-order valence-electron chi connectivity index (χ1n) is 1.40. The Balaban J connectivity index is 0. The molecule has 0 aromatic carbocycles. The summed E-state index contributed by atoms with van der Waals surface area (Å²) in [5.74, 6) is 0. The first-order chi connectivity index (χ1) is 3.06. The van der Waals surface area contributed by atoms with E-state index >= 15 is 0 Å². The van der Waals surface area contributed by atoms with Gasteiger partial charge in [-0.05, 0) is 0 Å². The molecule has 0 rings (SSSR count). The first-order valence-corrected chi connectivity index (χ1v) is 2.81. The molecule has 0 fully saturated rings. The molecule has 0 amide bonds. The van der Waals surface area contributed by atoms with Gasteiger partial charge in [0.05, 0.1) is 0 Å². The van der Waals surface area contributed by atoms with Gasteiger partial charge in [-0.25, -0.2) is 8.42 Å². The van der Waals surface area contributed by atoms with Gasteiger partial charge < -0.3 is 9.27 Å². The van der Waals surface area contributed by atoms with E-state index in [9.17, 15) is 13.0 Å². The van der Waals surface area contributed by atoms with Crippen molar-refractivity contribution in [1.29, 1.82) is 0 Å². The molecule has 6 heteroatoms. The molecule has 8 heavy (non-hydrogen) atoms. The molecule has 0 unspecified atom stereocenters. The van der Waals surface area contributed by atoms with Crippen molar-refractivity contribution >= 4 is 10.3 Å². The van der Waals surface area contributed by atoms with Gasteiger partial charge in [-0.1, -0.05) is 6.58 Å². The fraction of sp³-hybridized carbons (Fsp3) is 0. The molecule has 0 atom stereocenters. The number of rotatable bonds is 2. The molecule has 0 aromatic rings. The van der Waals surface area contributed by atoms with Gasteiger partial charge in [0, 0.05) is 6.20 Å². The fourth-order valence-corrected chi connectivity index (χ4v) is 0.306. The van der Waals surface area contributed by atoms with Crippen LogP contribution in [0.1, 0.15) is 0 Å². The van der Waals surface area contributed by atoms with E-state index in [1.807, 2.05) is 0 Å². The Morgan fingerprint density at radius 3 is 2.00 bits per heavy atom. The Morgan fingerprint density at radius 2 is 2.00 bits per heavy atom. The molecule has 0 saturated carbocycles. The van der Waals surface area contributed by atoms with Crippen LogP contribution in [-0.4, -0.2) is 13.0 Å². The van der Waals surface area contributed by atoms with Gasteiger partial charge in [0.15, 0.2) is 10.3 Å². The summed E-state index contributed by atoms with van der Waals surface area (Å²) >= 11 is 0. The van der Waals surface area contributed by atoms with Gasteiger partial charge in [-0.2, -0.15) is 0 Å². The predicted molar refractivity (Wildman–Crippen MR) is 23.0 cm³/mol. The van der Waals surface area contributed by atoms with Crippen molar-refractivity contribution in [3.05, 3.63) is 12.8 Å². The van der Waals surface area contributed by atoms with Crippen molar-refractivity contribution in [3.8, 4) is 0 Å². The molecule has 0 heterocycles. The smallest absolute Gasteiger partial charge is 0.731 e. The molecule has 0 radical (unpaired) electrons. The summed E-state index contributed by atoms with van der Waals surface area (Å²) in [7, 11) is -4.29. The number of hydrogen-bond acceptors (Lipinski definition) is 3. The summed E-state index contributed by atoms with van der Waals surface area (Å²) < 4.78 is 29.9. The molecule has 4 nitrogen and oxygen atoms in total. The zero-order chi connectivity index (χ0) is 5.91. The van der Waals surface area contributed by atoms with Crippen molar-refractivity contribution in [1.82, 2.24) is 4.72 Å². The molecule has 0 aliphatic carbocycles. The van der Waals surface area contributed by atoms with Gasteiger partial charge in [-0.15, -0.1) is 0 Å². The van der Waals surface area contributed by atoms with Crippen LogP contribution < -0.4 is 23.6 Å². The monoisotopic (exact) mass is 129 g/mol. The van der Waals surface area contributed by atoms with Crippen molar-refractivity contribution in [2.24, 2.45) is 0 Å². The Bertz CT molecular complexity index is 151. The molecule has 42 valence electrons. The van der Waals surface area contributed by atoms with Crippen molar-refractivity contribution < 1.29 is 31.8 Å². The van der Waals surface area contributed by atoms with Crippen LogP contribution in [-0.2, 0) is 10.3 Å². The van der Waals surface area contributed by atoms with Gasteiger partial charge in [0.25, 0.3) is 0 Å². The minimum atomic E-state index is -4.29. The summed E-state index contributed by atoms with van der Waals surface area (Å²) in [5, 5.41) is 0. The minimum Gasteiger partial charge on any atom is -0.731 e. The summed E-state index contributed by atoms with van der Waals surface area (Å²) in [6.07, 6.45) is 0.808. The summed E-state index contributed by atoms with van der Waals surface area (Å²) in [4.78, 5) is 0. The Hall–Kier alpha value is 0.0474. The van der Waals surface area contributed by atoms with Crippen LogP contribution in [0.5, 0.6) is 0 Å². The van der Waals surface area contributed by atoms with E-state index in [0.29, 0.717) is 0 Å². The SMILES string of the molecule is C=CNS(=O)(=O)[O-].[Li+]. The zero-order valence-electron chi connectivity index (χ0n) is 4.42. The number of hydrogen-bond donors (Lipinski definition) is 1. The maximum atomic E-state index is 9.49. The summed E-state index contributed by atoms with van der Waals surface area (Å²) in [6.45, 7) is 2.96. The fourth-order valence-electron chi connectivity index (χ4n) is 0.102. The van der Waals surface area contributed by atoms with Crippen LogP contribution in [0.15, 0.2) is 12.8 Å². The van der Waals surface area contributed by atoms with E-state index in [4.69, 9.17) is 0 Å². The largest absolute Gasteiger partial charge is 1.00 e. The maximum Gasteiger partial charge on any atom is 1.00 e. The van der Waals surface area contributed by atoms with E-state index in [0.717, 1.165) is 6.20 Å². The normalized spacial score (nSPS) is 9.12. The third-order valence-electron chi connectivity index (χ3n) is 0.228. The van der Waals surface area contributed by atoms with Crippen molar-refractivity contribution in [2.75, 3.05) is 0 Å². The molecule has 0 spiro atoms. The van der Waals surface area contributed by atoms with Gasteiger partial charge in [0.2, 0.25) is 0 Å². The van der Waals surface area contributed by atoms with Crippen LogP contribution in [0.25, 0.3) is 0 Å². The average Bonchev–Trinajstić information content (AvgIpc) is 1.30. The van der Waals surface area contributed by atoms with Gasteiger partial charge in [-0.3, -0.25) is 0 Å². The topological polar surface area (TPSA) is 69.2 Å². The van der Waals surface area contributed by atoms with Crippen LogP contribution >= 0.6 is 0 Å². The molecule has 1 N–H and O–H groups in total. The molecule has 0 aromatic heterocycles. The van der Waals surface area contributed by atoms with Crippen LogP contribution in [0.4, 0.5) is 0 Å². The van der Waals surface area contributed by atoms with E-state index in [1.54, 1.807) is 0 Å². The third-order valence-corrected chi connectivity index (χ3v) is 0.683. The van der Waals surface area contributed by atoms with Crippen LogP contribution in [0.3, 0.4) is 0 Å². The molecular weight excluding hydrogens is 125 g/mol. The average molecular weight is 129 g/mol. The quantitative estimate of drug-likeness (QED) is 0.307. The van der Waals surface area contributed by atoms with Crippen LogP contribution in [0, 0.1) is 0 Å². The Morgan fingerprint density at radius 1 is 1.62 bits per heavy atom. The molecular formula is C2H4LiNO3S. The standard InChI is InChI=1S/C2H5NO3S.Li/c1-2-3-7(4,5)6;/h2-3H,1H2,(H,4,5,6);/q;+1/p-1. The van der Waals surface area contributed by atoms with E-state index < -0.39 is 10.3 Å². The minimum absolute atomic E-state index is 0. The second-order valence-electron chi connectivity index (χ2n) is 0.776. The van der Waals surface area contributed by atoms with E-state index in [2.05, 4.69) is 6.58 Å². The van der Waals surface area contributed by atoms with Crippen LogP contribution in [0.2, 0.25) is 0 Å². The Kier molecular flexibility index (Phi) is 5.44.